The van der Waals surface area contributed by atoms with Crippen LogP contribution in [0.2, 0.25) is 0 Å². The smallest absolute Gasteiger partial charge is 0.133 e. The number of nitrogens with two attached hydrogens (primary N) is 1. The Bertz CT molecular complexity index is 596. The monoisotopic (exact) mass is 257 g/mol. The van der Waals surface area contributed by atoms with Gasteiger partial charge in [-0.2, -0.15) is 0 Å². The number of ether oxygens (including phenoxy) is 1. The summed E-state index contributed by atoms with van der Waals surface area (Å²) in [7, 11) is 3.66. The Hall–Kier alpha value is -2.23. The summed E-state index contributed by atoms with van der Waals surface area (Å²) in [6.45, 7) is 4.01. The van der Waals surface area contributed by atoms with E-state index in [2.05, 4.69) is 11.1 Å². The van der Waals surface area contributed by atoms with Gasteiger partial charge in [-0.3, -0.25) is 0 Å². The molecule has 0 amide bonds. The van der Waals surface area contributed by atoms with E-state index >= 15 is 0 Å². The van der Waals surface area contributed by atoms with Gasteiger partial charge in [0, 0.05) is 12.7 Å². The topological polar surface area (TPSA) is 51.4 Å². The standard InChI is InChI=1S/C15H19N3O/c1-10-8-15(17-9-13(10)16)18(3)12-5-6-14(19-4)11(2)7-12/h5-9H,16H2,1-4H3. The Morgan fingerprint density at radius 3 is 2.47 bits per heavy atom. The van der Waals surface area contributed by atoms with Crippen molar-refractivity contribution in [3.05, 3.63) is 41.6 Å². The SMILES string of the molecule is COc1ccc(N(C)c2cc(C)c(N)cn2)cc1C. The van der Waals surface area contributed by atoms with Crippen molar-refractivity contribution in [3.8, 4) is 5.75 Å². The third kappa shape index (κ3) is 2.62. The first-order valence-corrected chi connectivity index (χ1v) is 6.13. The molecule has 0 radical (unpaired) electrons. The Labute approximate surface area is 113 Å². The number of anilines is 3. The van der Waals surface area contributed by atoms with Gasteiger partial charge in [-0.05, 0) is 49.2 Å². The molecule has 0 aliphatic heterocycles. The normalized spacial score (nSPS) is 10.3. The van der Waals surface area contributed by atoms with Gasteiger partial charge in [-0.25, -0.2) is 4.98 Å². The molecule has 2 rings (SSSR count). The number of aryl methyl sites for hydroxylation is 2. The van der Waals surface area contributed by atoms with Crippen LogP contribution in [0.5, 0.6) is 5.75 Å². The molecular formula is C15H19N3O. The molecule has 100 valence electrons. The van der Waals surface area contributed by atoms with E-state index < -0.39 is 0 Å². The van der Waals surface area contributed by atoms with Crippen LogP contribution in [0.15, 0.2) is 30.5 Å². The maximum Gasteiger partial charge on any atom is 0.133 e. The van der Waals surface area contributed by atoms with Gasteiger partial charge in [0.1, 0.15) is 11.6 Å². The molecule has 0 atom stereocenters. The summed E-state index contributed by atoms with van der Waals surface area (Å²) >= 11 is 0. The lowest BCUT2D eigenvalue weighted by molar-refractivity contribution is 0.412. The van der Waals surface area contributed by atoms with E-state index in [1.165, 1.54) is 0 Å². The molecule has 1 heterocycles. The van der Waals surface area contributed by atoms with Gasteiger partial charge in [0.2, 0.25) is 0 Å². The summed E-state index contributed by atoms with van der Waals surface area (Å²) in [5, 5.41) is 0. The van der Waals surface area contributed by atoms with Crippen molar-refractivity contribution >= 4 is 17.2 Å². The third-order valence-corrected chi connectivity index (χ3v) is 3.25. The number of aromatic nitrogens is 1. The fraction of sp³-hybridized carbons (Fsp3) is 0.267. The lowest BCUT2D eigenvalue weighted by atomic mass is 10.2. The molecule has 0 bridgehead atoms. The first kappa shape index (κ1) is 13.2. The summed E-state index contributed by atoms with van der Waals surface area (Å²) in [5.74, 6) is 1.76. The molecule has 2 aromatic rings. The molecule has 0 unspecified atom stereocenters. The van der Waals surface area contributed by atoms with E-state index in [0.29, 0.717) is 5.69 Å². The number of hydrogen-bond donors (Lipinski definition) is 1. The van der Waals surface area contributed by atoms with Gasteiger partial charge in [0.25, 0.3) is 0 Å². The highest BCUT2D eigenvalue weighted by Gasteiger charge is 2.08. The molecule has 0 saturated heterocycles. The molecule has 1 aromatic heterocycles. The van der Waals surface area contributed by atoms with Gasteiger partial charge in [0.15, 0.2) is 0 Å². The molecule has 2 N–H and O–H groups in total. The van der Waals surface area contributed by atoms with Crippen LogP contribution in [0, 0.1) is 13.8 Å². The van der Waals surface area contributed by atoms with Gasteiger partial charge in [-0.1, -0.05) is 0 Å². The number of rotatable bonds is 3. The highest BCUT2D eigenvalue weighted by molar-refractivity contribution is 5.63. The van der Waals surface area contributed by atoms with Gasteiger partial charge >= 0.3 is 0 Å². The molecule has 4 nitrogen and oxygen atoms in total. The fourth-order valence-electron chi connectivity index (χ4n) is 1.94. The van der Waals surface area contributed by atoms with E-state index in [9.17, 15) is 0 Å². The molecule has 0 aliphatic carbocycles. The van der Waals surface area contributed by atoms with Crippen LogP contribution < -0.4 is 15.4 Å². The number of hydrogen-bond acceptors (Lipinski definition) is 4. The highest BCUT2D eigenvalue weighted by Crippen LogP contribution is 2.28. The summed E-state index contributed by atoms with van der Waals surface area (Å²) in [6.07, 6.45) is 1.69. The van der Waals surface area contributed by atoms with Crippen molar-refractivity contribution in [2.24, 2.45) is 0 Å². The predicted octanol–water partition coefficient (Wildman–Crippen LogP) is 3.06. The summed E-state index contributed by atoms with van der Waals surface area (Å²) in [4.78, 5) is 6.38. The highest BCUT2D eigenvalue weighted by atomic mass is 16.5. The number of nitrogens with zero attached hydrogens (tertiary/aromatic N) is 2. The second kappa shape index (κ2) is 5.18. The van der Waals surface area contributed by atoms with Crippen molar-refractivity contribution in [2.75, 3.05) is 24.8 Å². The zero-order valence-corrected chi connectivity index (χ0v) is 11.8. The van der Waals surface area contributed by atoms with Crippen LogP contribution in [0.25, 0.3) is 0 Å². The lowest BCUT2D eigenvalue weighted by Crippen LogP contribution is -2.12. The van der Waals surface area contributed by atoms with Crippen molar-refractivity contribution < 1.29 is 4.74 Å². The minimum atomic E-state index is 0.711. The molecule has 0 fully saturated rings. The largest absolute Gasteiger partial charge is 0.496 e. The van der Waals surface area contributed by atoms with Gasteiger partial charge < -0.3 is 15.4 Å². The van der Waals surface area contributed by atoms with Gasteiger partial charge in [0.05, 0.1) is 19.0 Å². The van der Waals surface area contributed by atoms with Crippen LogP contribution >= 0.6 is 0 Å². The summed E-state index contributed by atoms with van der Waals surface area (Å²) in [5.41, 5.74) is 9.69. The van der Waals surface area contributed by atoms with E-state index in [0.717, 1.165) is 28.4 Å². The maximum absolute atomic E-state index is 5.79. The molecule has 4 heteroatoms. The Balaban J connectivity index is 2.35. The van der Waals surface area contributed by atoms with Crippen molar-refractivity contribution in [1.82, 2.24) is 4.98 Å². The van der Waals surface area contributed by atoms with Crippen molar-refractivity contribution in [1.29, 1.82) is 0 Å². The number of nitrogen functional groups attached to an aromatic ring is 1. The Morgan fingerprint density at radius 2 is 1.89 bits per heavy atom. The van der Waals surface area contributed by atoms with Crippen molar-refractivity contribution in [2.45, 2.75) is 13.8 Å². The predicted molar refractivity (Wildman–Crippen MR) is 79.2 cm³/mol. The molecule has 19 heavy (non-hydrogen) atoms. The zero-order valence-electron chi connectivity index (χ0n) is 11.8. The first-order valence-electron chi connectivity index (χ1n) is 6.13. The number of benzene rings is 1. The van der Waals surface area contributed by atoms with E-state index in [1.807, 2.05) is 44.0 Å². The molecule has 0 spiro atoms. The average molecular weight is 257 g/mol. The third-order valence-electron chi connectivity index (χ3n) is 3.25. The van der Waals surface area contributed by atoms with Crippen LogP contribution in [-0.2, 0) is 0 Å². The Kier molecular flexibility index (Phi) is 3.60. The minimum Gasteiger partial charge on any atom is -0.496 e. The number of pyridine rings is 1. The lowest BCUT2D eigenvalue weighted by Gasteiger charge is -2.20. The van der Waals surface area contributed by atoms with Crippen LogP contribution in [0.3, 0.4) is 0 Å². The zero-order chi connectivity index (χ0) is 14.0. The summed E-state index contributed by atoms with van der Waals surface area (Å²) < 4.78 is 5.27. The molecule has 0 saturated carbocycles. The molecule has 0 aliphatic rings. The van der Waals surface area contributed by atoms with Crippen LogP contribution in [0.1, 0.15) is 11.1 Å². The van der Waals surface area contributed by atoms with E-state index in [-0.39, 0.29) is 0 Å². The summed E-state index contributed by atoms with van der Waals surface area (Å²) in [6, 6.07) is 8.03. The van der Waals surface area contributed by atoms with Gasteiger partial charge in [-0.15, -0.1) is 0 Å². The van der Waals surface area contributed by atoms with Crippen LogP contribution in [-0.4, -0.2) is 19.1 Å². The number of methoxy groups -OCH3 is 1. The van der Waals surface area contributed by atoms with E-state index in [4.69, 9.17) is 10.5 Å². The molecular weight excluding hydrogens is 238 g/mol. The second-order valence-electron chi connectivity index (χ2n) is 4.61. The van der Waals surface area contributed by atoms with E-state index in [1.54, 1.807) is 13.3 Å². The first-order chi connectivity index (χ1) is 9.02. The maximum atomic E-state index is 5.79. The second-order valence-corrected chi connectivity index (χ2v) is 4.61. The quantitative estimate of drug-likeness (QED) is 0.918. The molecule has 1 aromatic carbocycles. The van der Waals surface area contributed by atoms with Crippen LogP contribution in [0.4, 0.5) is 17.2 Å². The average Bonchev–Trinajstić information content (AvgIpc) is 2.41. The fourth-order valence-corrected chi connectivity index (χ4v) is 1.94. The van der Waals surface area contributed by atoms with Crippen molar-refractivity contribution in [3.63, 3.8) is 0 Å². The Morgan fingerprint density at radius 1 is 1.16 bits per heavy atom. The minimum absolute atomic E-state index is 0.711.